The van der Waals surface area contributed by atoms with Crippen molar-refractivity contribution >= 4 is 22.9 Å². The molecule has 14 heavy (non-hydrogen) atoms. The van der Waals surface area contributed by atoms with Crippen LogP contribution in [0.15, 0.2) is 18.2 Å². The first-order valence-corrected chi connectivity index (χ1v) is 4.22. The van der Waals surface area contributed by atoms with Crippen LogP contribution >= 0.6 is 0 Å². The Hall–Kier alpha value is -2.04. The number of nitrogens with two attached hydrogens (primary N) is 1. The molecular formula is C9H11N5. The van der Waals surface area contributed by atoms with Gasteiger partial charge in [-0.05, 0) is 24.6 Å². The van der Waals surface area contributed by atoms with E-state index in [0.29, 0.717) is 5.95 Å². The standard InChI is InChI=1S/C9H11N5/c1-5-2-3-6-7(4-5)13-9(12-6)14-8(10)11/h2-4H,1H3,(H5,10,11,12,13,14). The third-order valence-corrected chi connectivity index (χ3v) is 1.89. The number of H-pyrrole nitrogens is 1. The number of aromatic amines is 1. The summed E-state index contributed by atoms with van der Waals surface area (Å²) in [5.41, 5.74) is 8.15. The lowest BCUT2D eigenvalue weighted by Crippen LogP contribution is -2.21. The molecule has 72 valence electrons. The molecule has 0 amide bonds. The third-order valence-electron chi connectivity index (χ3n) is 1.89. The fourth-order valence-electron chi connectivity index (χ4n) is 1.31. The van der Waals surface area contributed by atoms with Crippen molar-refractivity contribution in [1.29, 1.82) is 5.41 Å². The van der Waals surface area contributed by atoms with Gasteiger partial charge in [0.2, 0.25) is 5.95 Å². The van der Waals surface area contributed by atoms with Crippen LogP contribution < -0.4 is 11.1 Å². The maximum Gasteiger partial charge on any atom is 0.208 e. The largest absolute Gasteiger partial charge is 0.370 e. The molecule has 5 nitrogen and oxygen atoms in total. The summed E-state index contributed by atoms with van der Waals surface area (Å²) in [7, 11) is 0. The quantitative estimate of drug-likeness (QED) is 0.401. The van der Waals surface area contributed by atoms with Crippen molar-refractivity contribution < 1.29 is 0 Å². The van der Waals surface area contributed by atoms with Gasteiger partial charge in [0.1, 0.15) is 0 Å². The zero-order valence-corrected chi connectivity index (χ0v) is 7.76. The highest BCUT2D eigenvalue weighted by atomic mass is 15.2. The average Bonchev–Trinajstić information content (AvgIpc) is 2.44. The number of aryl methyl sites for hydroxylation is 1. The van der Waals surface area contributed by atoms with E-state index in [2.05, 4.69) is 15.3 Å². The van der Waals surface area contributed by atoms with Gasteiger partial charge in [-0.2, -0.15) is 0 Å². The molecule has 5 N–H and O–H groups in total. The molecule has 0 saturated carbocycles. The molecule has 1 aromatic heterocycles. The summed E-state index contributed by atoms with van der Waals surface area (Å²) in [5.74, 6) is 0.374. The van der Waals surface area contributed by atoms with E-state index < -0.39 is 0 Å². The van der Waals surface area contributed by atoms with Crippen molar-refractivity contribution in [3.8, 4) is 0 Å². The highest BCUT2D eigenvalue weighted by molar-refractivity contribution is 5.90. The van der Waals surface area contributed by atoms with Gasteiger partial charge in [-0.15, -0.1) is 0 Å². The Morgan fingerprint density at radius 3 is 3.07 bits per heavy atom. The number of hydrogen-bond donors (Lipinski definition) is 4. The Labute approximate surface area is 80.8 Å². The van der Waals surface area contributed by atoms with Gasteiger partial charge in [-0.1, -0.05) is 6.07 Å². The molecule has 1 aromatic carbocycles. The van der Waals surface area contributed by atoms with E-state index in [1.807, 2.05) is 25.1 Å². The first kappa shape index (κ1) is 8.55. The van der Waals surface area contributed by atoms with Crippen molar-refractivity contribution in [2.24, 2.45) is 5.73 Å². The van der Waals surface area contributed by atoms with E-state index in [0.717, 1.165) is 16.6 Å². The van der Waals surface area contributed by atoms with Gasteiger partial charge in [0, 0.05) is 0 Å². The zero-order valence-electron chi connectivity index (χ0n) is 7.76. The van der Waals surface area contributed by atoms with Crippen LogP contribution in [0.3, 0.4) is 0 Å². The minimum atomic E-state index is -0.124. The van der Waals surface area contributed by atoms with Crippen molar-refractivity contribution in [2.75, 3.05) is 5.32 Å². The minimum absolute atomic E-state index is 0.124. The predicted molar refractivity (Wildman–Crippen MR) is 56.4 cm³/mol. The molecular weight excluding hydrogens is 178 g/mol. The molecule has 0 bridgehead atoms. The van der Waals surface area contributed by atoms with E-state index in [1.54, 1.807) is 0 Å². The topological polar surface area (TPSA) is 90.6 Å². The summed E-state index contributed by atoms with van der Waals surface area (Å²) >= 11 is 0. The number of nitrogens with zero attached hydrogens (tertiary/aromatic N) is 1. The van der Waals surface area contributed by atoms with Crippen molar-refractivity contribution in [2.45, 2.75) is 6.92 Å². The summed E-state index contributed by atoms with van der Waals surface area (Å²) in [5, 5.41) is 9.66. The summed E-state index contributed by atoms with van der Waals surface area (Å²) in [4.78, 5) is 7.23. The summed E-state index contributed by atoms with van der Waals surface area (Å²) in [6.07, 6.45) is 0. The second-order valence-electron chi connectivity index (χ2n) is 3.14. The number of fused-ring (bicyclic) bond motifs is 1. The molecule has 0 atom stereocenters. The lowest BCUT2D eigenvalue weighted by atomic mass is 10.2. The van der Waals surface area contributed by atoms with Crippen molar-refractivity contribution in [3.63, 3.8) is 0 Å². The summed E-state index contributed by atoms with van der Waals surface area (Å²) in [6, 6.07) is 5.90. The molecule has 1 heterocycles. The summed E-state index contributed by atoms with van der Waals surface area (Å²) < 4.78 is 0. The van der Waals surface area contributed by atoms with Gasteiger partial charge < -0.3 is 10.7 Å². The molecule has 2 rings (SSSR count). The Morgan fingerprint density at radius 2 is 2.36 bits per heavy atom. The number of hydrogen-bond acceptors (Lipinski definition) is 2. The molecule has 0 spiro atoms. The van der Waals surface area contributed by atoms with E-state index in [-0.39, 0.29) is 5.96 Å². The van der Waals surface area contributed by atoms with E-state index in [9.17, 15) is 0 Å². The Balaban J connectivity index is 2.46. The number of nitrogens with one attached hydrogen (secondary N) is 3. The fraction of sp³-hybridized carbons (Fsp3) is 0.111. The highest BCUT2D eigenvalue weighted by Crippen LogP contribution is 2.15. The number of guanidine groups is 1. The Bertz CT molecular complexity index is 485. The molecule has 2 aromatic rings. The van der Waals surface area contributed by atoms with E-state index >= 15 is 0 Å². The predicted octanol–water partition coefficient (Wildman–Crippen LogP) is 1.18. The number of aromatic nitrogens is 2. The van der Waals surface area contributed by atoms with Gasteiger partial charge in [0.05, 0.1) is 11.0 Å². The second-order valence-corrected chi connectivity index (χ2v) is 3.14. The lowest BCUT2D eigenvalue weighted by molar-refractivity contribution is 1.29. The summed E-state index contributed by atoms with van der Waals surface area (Å²) in [6.45, 7) is 2.01. The monoisotopic (exact) mass is 189 g/mol. The molecule has 0 aliphatic rings. The van der Waals surface area contributed by atoms with Crippen LogP contribution in [0.1, 0.15) is 5.56 Å². The molecule has 0 saturated heterocycles. The average molecular weight is 189 g/mol. The number of benzene rings is 1. The van der Waals surface area contributed by atoms with Gasteiger partial charge in [-0.3, -0.25) is 10.7 Å². The first-order chi connectivity index (χ1) is 6.65. The second kappa shape index (κ2) is 3.02. The van der Waals surface area contributed by atoms with Gasteiger partial charge in [-0.25, -0.2) is 4.98 Å². The third kappa shape index (κ3) is 1.52. The number of rotatable bonds is 1. The molecule has 0 radical (unpaired) electrons. The smallest absolute Gasteiger partial charge is 0.208 e. The Kier molecular flexibility index (Phi) is 1.85. The number of imidazole rings is 1. The van der Waals surface area contributed by atoms with Crippen LogP contribution in [0.5, 0.6) is 0 Å². The molecule has 0 aliphatic heterocycles. The van der Waals surface area contributed by atoms with Gasteiger partial charge in [0.15, 0.2) is 5.96 Å². The van der Waals surface area contributed by atoms with Crippen LogP contribution in [-0.2, 0) is 0 Å². The first-order valence-electron chi connectivity index (χ1n) is 4.22. The minimum Gasteiger partial charge on any atom is -0.370 e. The SMILES string of the molecule is Cc1ccc2nc(NC(=N)N)[nH]c2c1. The van der Waals surface area contributed by atoms with Crippen LogP contribution in [0.2, 0.25) is 0 Å². The van der Waals surface area contributed by atoms with Crippen LogP contribution in [-0.4, -0.2) is 15.9 Å². The molecule has 5 heteroatoms. The van der Waals surface area contributed by atoms with E-state index in [4.69, 9.17) is 11.1 Å². The van der Waals surface area contributed by atoms with Crippen LogP contribution in [0.25, 0.3) is 11.0 Å². The number of anilines is 1. The van der Waals surface area contributed by atoms with Crippen LogP contribution in [0.4, 0.5) is 5.95 Å². The molecule has 0 fully saturated rings. The fourth-order valence-corrected chi connectivity index (χ4v) is 1.31. The van der Waals surface area contributed by atoms with Crippen LogP contribution in [0, 0.1) is 12.3 Å². The Morgan fingerprint density at radius 1 is 1.57 bits per heavy atom. The lowest BCUT2D eigenvalue weighted by Gasteiger charge is -1.95. The zero-order chi connectivity index (χ0) is 10.1. The van der Waals surface area contributed by atoms with E-state index in [1.165, 1.54) is 0 Å². The normalized spacial score (nSPS) is 10.4. The van der Waals surface area contributed by atoms with Crippen molar-refractivity contribution in [3.05, 3.63) is 23.8 Å². The maximum atomic E-state index is 7.05. The highest BCUT2D eigenvalue weighted by Gasteiger charge is 2.02. The van der Waals surface area contributed by atoms with Crippen molar-refractivity contribution in [1.82, 2.24) is 9.97 Å². The molecule has 0 aliphatic carbocycles. The molecule has 0 unspecified atom stereocenters. The van der Waals surface area contributed by atoms with Gasteiger partial charge in [0.25, 0.3) is 0 Å². The maximum absolute atomic E-state index is 7.05. The van der Waals surface area contributed by atoms with Gasteiger partial charge >= 0.3 is 0 Å².